The highest BCUT2D eigenvalue weighted by Crippen LogP contribution is 2.21. The highest BCUT2D eigenvalue weighted by molar-refractivity contribution is 5.96. The molecule has 0 spiro atoms. The van der Waals surface area contributed by atoms with Crippen molar-refractivity contribution in [1.29, 1.82) is 0 Å². The topological polar surface area (TPSA) is 133 Å². The monoisotopic (exact) mass is 277 g/mol. The van der Waals surface area contributed by atoms with E-state index in [-0.39, 0.29) is 11.4 Å². The number of aromatic carboxylic acids is 1. The summed E-state index contributed by atoms with van der Waals surface area (Å²) < 4.78 is 0. The van der Waals surface area contributed by atoms with Crippen LogP contribution < -0.4 is 5.32 Å². The predicted octanol–water partition coefficient (Wildman–Crippen LogP) is 0.185. The van der Waals surface area contributed by atoms with Crippen LogP contribution in [0.25, 0.3) is 10.9 Å². The molecule has 1 aromatic heterocycles. The minimum Gasteiger partial charge on any atom is -0.480 e. The summed E-state index contributed by atoms with van der Waals surface area (Å²) in [6, 6.07) is 3.01. The first-order chi connectivity index (χ1) is 9.52. The smallest absolute Gasteiger partial charge is 0.335 e. The number of rotatable bonds is 5. The summed E-state index contributed by atoms with van der Waals surface area (Å²) in [5.41, 5.74) is 0.434. The zero-order chi connectivity index (χ0) is 14.7. The Labute approximate surface area is 112 Å². The highest BCUT2D eigenvalue weighted by atomic mass is 16.4. The van der Waals surface area contributed by atoms with E-state index >= 15 is 0 Å². The van der Waals surface area contributed by atoms with Gasteiger partial charge in [0.15, 0.2) is 0 Å². The van der Waals surface area contributed by atoms with Crippen LogP contribution in [-0.4, -0.2) is 49.9 Å². The third kappa shape index (κ3) is 2.64. The molecule has 0 aliphatic rings. The second-order valence-electron chi connectivity index (χ2n) is 3.98. The van der Waals surface area contributed by atoms with Gasteiger partial charge in [-0.15, -0.1) is 0 Å². The van der Waals surface area contributed by atoms with Gasteiger partial charge in [-0.2, -0.15) is 0 Å². The number of anilines is 1. The standard InChI is InChI=1S/C12H11N3O5/c16-4-9(12(19)20)15-10-7-2-1-6(11(17)18)3-8(7)13-5-14-10/h1-3,5,9,16H,4H2,(H,17,18)(H,19,20)(H,13,14,15)/t9-/m1/s1. The van der Waals surface area contributed by atoms with Gasteiger partial charge in [0.2, 0.25) is 0 Å². The van der Waals surface area contributed by atoms with Gasteiger partial charge < -0.3 is 20.6 Å². The van der Waals surface area contributed by atoms with E-state index < -0.39 is 24.6 Å². The largest absolute Gasteiger partial charge is 0.480 e. The first kappa shape index (κ1) is 13.7. The molecule has 4 N–H and O–H groups in total. The number of aliphatic hydroxyl groups is 1. The van der Waals surface area contributed by atoms with Gasteiger partial charge in [0, 0.05) is 5.39 Å². The van der Waals surface area contributed by atoms with Crippen LogP contribution in [0, 0.1) is 0 Å². The van der Waals surface area contributed by atoms with E-state index in [0.717, 1.165) is 0 Å². The molecule has 1 aromatic carbocycles. The third-order valence-corrected chi connectivity index (χ3v) is 2.68. The molecule has 20 heavy (non-hydrogen) atoms. The SMILES string of the molecule is O=C(O)c1ccc2c(N[C@H](CO)C(=O)O)ncnc2c1. The molecule has 0 saturated heterocycles. The lowest BCUT2D eigenvalue weighted by Gasteiger charge is -2.13. The number of nitrogens with zero attached hydrogens (tertiary/aromatic N) is 2. The second kappa shape index (κ2) is 5.49. The number of carboxylic acids is 2. The van der Waals surface area contributed by atoms with Gasteiger partial charge in [0.05, 0.1) is 17.7 Å². The third-order valence-electron chi connectivity index (χ3n) is 2.68. The van der Waals surface area contributed by atoms with Gasteiger partial charge in [-0.1, -0.05) is 0 Å². The molecule has 8 heteroatoms. The van der Waals surface area contributed by atoms with Crippen molar-refractivity contribution in [3.8, 4) is 0 Å². The molecule has 0 radical (unpaired) electrons. The molecule has 1 atom stereocenters. The Morgan fingerprint density at radius 1 is 1.25 bits per heavy atom. The molecule has 1 heterocycles. The maximum Gasteiger partial charge on any atom is 0.335 e. The fraction of sp³-hybridized carbons (Fsp3) is 0.167. The lowest BCUT2D eigenvalue weighted by molar-refractivity contribution is -0.138. The zero-order valence-corrected chi connectivity index (χ0v) is 10.1. The Balaban J connectivity index is 2.44. The molecule has 0 saturated carbocycles. The lowest BCUT2D eigenvalue weighted by Crippen LogP contribution is -2.33. The summed E-state index contributed by atoms with van der Waals surface area (Å²) in [5, 5.41) is 29.8. The van der Waals surface area contributed by atoms with Crippen LogP contribution >= 0.6 is 0 Å². The quantitative estimate of drug-likeness (QED) is 0.608. The second-order valence-corrected chi connectivity index (χ2v) is 3.98. The van der Waals surface area contributed by atoms with Crippen LogP contribution in [0.1, 0.15) is 10.4 Å². The number of benzene rings is 1. The maximum absolute atomic E-state index is 10.9. The molecule has 2 rings (SSSR count). The summed E-state index contributed by atoms with van der Waals surface area (Å²) in [5.74, 6) is -2.09. The van der Waals surface area contributed by atoms with Crippen molar-refractivity contribution >= 4 is 28.7 Å². The lowest BCUT2D eigenvalue weighted by atomic mass is 10.1. The predicted molar refractivity (Wildman–Crippen MR) is 68.6 cm³/mol. The summed E-state index contributed by atoms with van der Waals surface area (Å²) in [6.45, 7) is -0.603. The van der Waals surface area contributed by atoms with Gasteiger partial charge in [0.1, 0.15) is 18.2 Å². The van der Waals surface area contributed by atoms with Gasteiger partial charge in [0.25, 0.3) is 0 Å². The number of aliphatic hydroxyl groups excluding tert-OH is 1. The maximum atomic E-state index is 10.9. The van der Waals surface area contributed by atoms with Crippen molar-refractivity contribution in [2.75, 3.05) is 11.9 Å². The van der Waals surface area contributed by atoms with Crippen molar-refractivity contribution < 1.29 is 24.9 Å². The number of fused-ring (bicyclic) bond motifs is 1. The van der Waals surface area contributed by atoms with Crippen molar-refractivity contribution in [2.45, 2.75) is 6.04 Å². The first-order valence-electron chi connectivity index (χ1n) is 5.61. The van der Waals surface area contributed by atoms with Gasteiger partial charge in [-0.25, -0.2) is 19.6 Å². The molecule has 2 aromatic rings. The minimum atomic E-state index is -1.22. The Morgan fingerprint density at radius 3 is 2.60 bits per heavy atom. The Hall–Kier alpha value is -2.74. The number of nitrogens with one attached hydrogen (secondary N) is 1. The Kier molecular flexibility index (Phi) is 3.76. The number of carbonyl (C=O) groups is 2. The van der Waals surface area contributed by atoms with Crippen LogP contribution in [0.5, 0.6) is 0 Å². The van der Waals surface area contributed by atoms with E-state index in [0.29, 0.717) is 10.9 Å². The fourth-order valence-corrected chi connectivity index (χ4v) is 1.66. The van der Waals surface area contributed by atoms with Crippen molar-refractivity contribution in [3.63, 3.8) is 0 Å². The van der Waals surface area contributed by atoms with Crippen LogP contribution in [0.3, 0.4) is 0 Å². The molecule has 0 fully saturated rings. The van der Waals surface area contributed by atoms with Crippen LogP contribution in [-0.2, 0) is 4.79 Å². The van der Waals surface area contributed by atoms with E-state index in [1.807, 2.05) is 0 Å². The van der Waals surface area contributed by atoms with E-state index in [1.54, 1.807) is 0 Å². The molecular formula is C12H11N3O5. The average Bonchev–Trinajstić information content (AvgIpc) is 2.43. The zero-order valence-electron chi connectivity index (χ0n) is 10.1. The average molecular weight is 277 g/mol. The number of aliphatic carboxylic acids is 1. The van der Waals surface area contributed by atoms with Crippen molar-refractivity contribution in [2.24, 2.45) is 0 Å². The van der Waals surface area contributed by atoms with E-state index in [4.69, 9.17) is 15.3 Å². The highest BCUT2D eigenvalue weighted by Gasteiger charge is 2.18. The number of hydrogen-bond acceptors (Lipinski definition) is 6. The van der Waals surface area contributed by atoms with Crippen LogP contribution in [0.15, 0.2) is 24.5 Å². The number of hydrogen-bond donors (Lipinski definition) is 4. The normalized spacial score (nSPS) is 12.1. The molecule has 0 bridgehead atoms. The minimum absolute atomic E-state index is 0.0686. The van der Waals surface area contributed by atoms with Crippen LogP contribution in [0.4, 0.5) is 5.82 Å². The molecule has 0 unspecified atom stereocenters. The molecule has 0 aliphatic carbocycles. The van der Waals surface area contributed by atoms with Crippen molar-refractivity contribution in [1.82, 2.24) is 9.97 Å². The Bertz CT molecular complexity index is 673. The van der Waals surface area contributed by atoms with E-state index in [9.17, 15) is 9.59 Å². The number of carboxylic acid groups (broad SMARTS) is 2. The Morgan fingerprint density at radius 2 is 2.00 bits per heavy atom. The molecule has 8 nitrogen and oxygen atoms in total. The summed E-state index contributed by atoms with van der Waals surface area (Å²) in [6.07, 6.45) is 1.19. The van der Waals surface area contributed by atoms with Gasteiger partial charge >= 0.3 is 11.9 Å². The van der Waals surface area contributed by atoms with Gasteiger partial charge in [-0.05, 0) is 18.2 Å². The fourth-order valence-electron chi connectivity index (χ4n) is 1.66. The first-order valence-corrected chi connectivity index (χ1v) is 5.61. The van der Waals surface area contributed by atoms with E-state index in [2.05, 4.69) is 15.3 Å². The summed E-state index contributed by atoms with van der Waals surface area (Å²) in [4.78, 5) is 29.6. The molecule has 104 valence electrons. The number of aromatic nitrogens is 2. The van der Waals surface area contributed by atoms with Gasteiger partial charge in [-0.3, -0.25) is 0 Å². The summed E-state index contributed by atoms with van der Waals surface area (Å²) >= 11 is 0. The van der Waals surface area contributed by atoms with E-state index in [1.165, 1.54) is 24.5 Å². The van der Waals surface area contributed by atoms with Crippen LogP contribution in [0.2, 0.25) is 0 Å². The molecular weight excluding hydrogens is 266 g/mol. The summed E-state index contributed by atoms with van der Waals surface area (Å²) in [7, 11) is 0. The molecule has 0 aliphatic heterocycles. The van der Waals surface area contributed by atoms with Crippen molar-refractivity contribution in [3.05, 3.63) is 30.1 Å². The molecule has 0 amide bonds.